The number of benzene rings is 1. The van der Waals surface area contributed by atoms with Crippen LogP contribution >= 0.6 is 11.8 Å². The summed E-state index contributed by atoms with van der Waals surface area (Å²) in [7, 11) is 0. The number of nitrogens with one attached hydrogen (secondary N) is 1. The molecule has 7 heteroatoms. The van der Waals surface area contributed by atoms with Gasteiger partial charge in [-0.2, -0.15) is 0 Å². The van der Waals surface area contributed by atoms with Crippen LogP contribution in [0.5, 0.6) is 0 Å². The van der Waals surface area contributed by atoms with Crippen LogP contribution in [0.4, 0.5) is 11.5 Å². The fourth-order valence-electron chi connectivity index (χ4n) is 3.91. The Morgan fingerprint density at radius 3 is 2.89 bits per heavy atom. The summed E-state index contributed by atoms with van der Waals surface area (Å²) in [6.45, 7) is 7.29. The molecule has 0 saturated carbocycles. The number of nitrogens with zero attached hydrogens (tertiary/aromatic N) is 3. The van der Waals surface area contributed by atoms with Gasteiger partial charge < -0.3 is 10.1 Å². The Hall–Kier alpha value is -2.12. The SMILES string of the molecule is CCOC(=O)C(C)C1CCN(Cc2ccc3c(c2)Nc2nccnc2S3)CC1. The van der Waals surface area contributed by atoms with Crippen LogP contribution in [-0.4, -0.2) is 40.5 Å². The lowest BCUT2D eigenvalue weighted by Crippen LogP contribution is -2.37. The highest BCUT2D eigenvalue weighted by Gasteiger charge is 2.29. The zero-order valence-corrected chi connectivity index (χ0v) is 17.2. The summed E-state index contributed by atoms with van der Waals surface area (Å²) in [5, 5.41) is 4.32. The van der Waals surface area contributed by atoms with E-state index in [2.05, 4.69) is 38.4 Å². The van der Waals surface area contributed by atoms with E-state index in [1.54, 1.807) is 24.2 Å². The molecule has 1 atom stereocenters. The largest absolute Gasteiger partial charge is 0.466 e. The van der Waals surface area contributed by atoms with Crippen molar-refractivity contribution in [3.05, 3.63) is 36.2 Å². The molecule has 2 aliphatic heterocycles. The number of fused-ring (bicyclic) bond motifs is 2. The monoisotopic (exact) mass is 398 g/mol. The Bertz CT molecular complexity index is 852. The van der Waals surface area contributed by atoms with E-state index in [1.807, 2.05) is 13.8 Å². The molecule has 1 saturated heterocycles. The maximum absolute atomic E-state index is 12.0. The zero-order valence-electron chi connectivity index (χ0n) is 16.4. The van der Waals surface area contributed by atoms with E-state index in [1.165, 1.54) is 10.5 Å². The van der Waals surface area contributed by atoms with Gasteiger partial charge in [-0.25, -0.2) is 9.97 Å². The van der Waals surface area contributed by atoms with Gasteiger partial charge in [-0.3, -0.25) is 9.69 Å². The third kappa shape index (κ3) is 4.15. The first-order valence-electron chi connectivity index (χ1n) is 9.92. The van der Waals surface area contributed by atoms with Crippen molar-refractivity contribution in [3.8, 4) is 0 Å². The maximum atomic E-state index is 12.0. The highest BCUT2D eigenvalue weighted by atomic mass is 32.2. The average Bonchev–Trinajstić information content (AvgIpc) is 2.72. The van der Waals surface area contributed by atoms with E-state index in [0.717, 1.165) is 49.0 Å². The number of anilines is 2. The van der Waals surface area contributed by atoms with Gasteiger partial charge >= 0.3 is 5.97 Å². The van der Waals surface area contributed by atoms with Crippen LogP contribution in [0.2, 0.25) is 0 Å². The fourth-order valence-corrected chi connectivity index (χ4v) is 4.79. The van der Waals surface area contributed by atoms with Gasteiger partial charge in [0.15, 0.2) is 5.82 Å². The van der Waals surface area contributed by atoms with Crippen LogP contribution in [0.3, 0.4) is 0 Å². The average molecular weight is 399 g/mol. The van der Waals surface area contributed by atoms with Crippen LogP contribution in [0.15, 0.2) is 40.5 Å². The van der Waals surface area contributed by atoms with E-state index < -0.39 is 0 Å². The van der Waals surface area contributed by atoms with Crippen LogP contribution in [0.1, 0.15) is 32.3 Å². The summed E-state index contributed by atoms with van der Waals surface area (Å²) in [5.74, 6) is 1.19. The van der Waals surface area contributed by atoms with E-state index in [4.69, 9.17) is 4.74 Å². The smallest absolute Gasteiger partial charge is 0.308 e. The zero-order chi connectivity index (χ0) is 19.5. The van der Waals surface area contributed by atoms with E-state index in [9.17, 15) is 4.79 Å². The molecule has 2 aromatic rings. The standard InChI is InChI=1S/C21H26N4O2S/c1-3-27-21(26)14(2)16-6-10-25(11-7-16)13-15-4-5-18-17(12-15)24-19-20(28-18)23-9-8-22-19/h4-5,8-9,12,14,16H,3,6-7,10-11,13H2,1-2H3,(H,22,24). The first-order chi connectivity index (χ1) is 13.6. The van der Waals surface area contributed by atoms with Crippen molar-refractivity contribution in [2.45, 2.75) is 43.2 Å². The quantitative estimate of drug-likeness (QED) is 0.649. The Kier molecular flexibility index (Phi) is 5.82. The molecule has 6 nitrogen and oxygen atoms in total. The first-order valence-corrected chi connectivity index (χ1v) is 10.7. The molecule has 4 rings (SSSR count). The van der Waals surface area contributed by atoms with Gasteiger partial charge in [0.05, 0.1) is 18.2 Å². The Labute approximate surface area is 170 Å². The van der Waals surface area contributed by atoms with Gasteiger partial charge in [-0.15, -0.1) is 0 Å². The summed E-state index contributed by atoms with van der Waals surface area (Å²) >= 11 is 1.65. The second-order valence-corrected chi connectivity index (χ2v) is 8.45. The lowest BCUT2D eigenvalue weighted by molar-refractivity contribution is -0.149. The predicted molar refractivity (Wildman–Crippen MR) is 110 cm³/mol. The number of hydrogen-bond acceptors (Lipinski definition) is 7. The number of hydrogen-bond donors (Lipinski definition) is 1. The van der Waals surface area contributed by atoms with Crippen molar-refractivity contribution in [1.82, 2.24) is 14.9 Å². The third-order valence-electron chi connectivity index (χ3n) is 5.57. The minimum atomic E-state index is -0.0532. The molecule has 1 fully saturated rings. The normalized spacial score (nSPS) is 17.9. The van der Waals surface area contributed by atoms with E-state index >= 15 is 0 Å². The summed E-state index contributed by atoms with van der Waals surface area (Å²) in [6.07, 6.45) is 5.52. The Morgan fingerprint density at radius 2 is 2.11 bits per heavy atom. The van der Waals surface area contributed by atoms with Gasteiger partial charge in [0.1, 0.15) is 5.03 Å². The number of ether oxygens (including phenoxy) is 1. The number of esters is 1. The number of carbonyl (C=O) groups excluding carboxylic acids is 1. The van der Waals surface area contributed by atoms with Crippen molar-refractivity contribution < 1.29 is 9.53 Å². The molecular formula is C21H26N4O2S. The van der Waals surface area contributed by atoms with Crippen molar-refractivity contribution in [3.63, 3.8) is 0 Å². The Balaban J connectivity index is 1.35. The van der Waals surface area contributed by atoms with Gasteiger partial charge in [0.2, 0.25) is 0 Å². The highest BCUT2D eigenvalue weighted by Crippen LogP contribution is 2.42. The topological polar surface area (TPSA) is 67.3 Å². The Morgan fingerprint density at radius 1 is 1.32 bits per heavy atom. The minimum absolute atomic E-state index is 0.00625. The molecule has 0 aliphatic carbocycles. The molecule has 1 aromatic carbocycles. The van der Waals surface area contributed by atoms with Crippen molar-refractivity contribution in [1.29, 1.82) is 0 Å². The van der Waals surface area contributed by atoms with Crippen molar-refractivity contribution >= 4 is 29.2 Å². The van der Waals surface area contributed by atoms with Crippen LogP contribution < -0.4 is 5.32 Å². The number of carbonyl (C=O) groups is 1. The molecule has 0 spiro atoms. The molecule has 1 unspecified atom stereocenters. The second-order valence-electron chi connectivity index (χ2n) is 7.42. The van der Waals surface area contributed by atoms with E-state index in [-0.39, 0.29) is 11.9 Å². The summed E-state index contributed by atoms with van der Waals surface area (Å²) in [5.41, 5.74) is 2.39. The molecule has 148 valence electrons. The third-order valence-corrected chi connectivity index (χ3v) is 6.64. The fraction of sp³-hybridized carbons (Fsp3) is 0.476. The molecular weight excluding hydrogens is 372 g/mol. The lowest BCUT2D eigenvalue weighted by atomic mass is 9.85. The number of likely N-dealkylation sites (tertiary alicyclic amines) is 1. The van der Waals surface area contributed by atoms with Gasteiger partial charge in [0.25, 0.3) is 0 Å². The van der Waals surface area contributed by atoms with Gasteiger partial charge in [-0.1, -0.05) is 24.8 Å². The molecule has 2 aliphatic rings. The maximum Gasteiger partial charge on any atom is 0.308 e. The van der Waals surface area contributed by atoms with Gasteiger partial charge in [-0.05, 0) is 56.5 Å². The molecule has 0 amide bonds. The van der Waals surface area contributed by atoms with Crippen LogP contribution in [0, 0.1) is 11.8 Å². The summed E-state index contributed by atoms with van der Waals surface area (Å²) in [4.78, 5) is 24.4. The highest BCUT2D eigenvalue weighted by molar-refractivity contribution is 7.99. The number of rotatable bonds is 5. The molecule has 28 heavy (non-hydrogen) atoms. The van der Waals surface area contributed by atoms with Gasteiger partial charge in [0, 0.05) is 23.8 Å². The predicted octanol–water partition coefficient (Wildman–Crippen LogP) is 4.10. The molecule has 0 radical (unpaired) electrons. The molecule has 1 N–H and O–H groups in total. The number of piperidine rings is 1. The van der Waals surface area contributed by atoms with Crippen molar-refractivity contribution in [2.75, 3.05) is 25.0 Å². The van der Waals surface area contributed by atoms with E-state index in [0.29, 0.717) is 12.5 Å². The minimum Gasteiger partial charge on any atom is -0.466 e. The first kappa shape index (κ1) is 19.2. The molecule has 0 bridgehead atoms. The lowest BCUT2D eigenvalue weighted by Gasteiger charge is -2.34. The summed E-state index contributed by atoms with van der Waals surface area (Å²) in [6, 6.07) is 6.57. The summed E-state index contributed by atoms with van der Waals surface area (Å²) < 4.78 is 5.19. The van der Waals surface area contributed by atoms with Crippen LogP contribution in [0.25, 0.3) is 0 Å². The van der Waals surface area contributed by atoms with Crippen LogP contribution in [-0.2, 0) is 16.1 Å². The molecule has 1 aromatic heterocycles. The number of aromatic nitrogens is 2. The molecule has 3 heterocycles. The second kappa shape index (κ2) is 8.49. The van der Waals surface area contributed by atoms with Crippen molar-refractivity contribution in [2.24, 2.45) is 11.8 Å².